The van der Waals surface area contributed by atoms with Crippen LogP contribution in [0, 0.1) is 11.8 Å². The average molecular weight is 911 g/mol. The molecule has 64 heavy (non-hydrogen) atoms. The number of ether oxygens (including phenoxy) is 1. The molecule has 0 spiro atoms. The maximum Gasteiger partial charge on any atom is 0.328 e. The lowest BCUT2D eigenvalue weighted by molar-refractivity contribution is -0.155. The van der Waals surface area contributed by atoms with Crippen molar-refractivity contribution in [2.45, 2.75) is 199 Å². The highest BCUT2D eigenvalue weighted by Crippen LogP contribution is 2.16. The van der Waals surface area contributed by atoms with Gasteiger partial charge in [0.1, 0.15) is 42.4 Å². The van der Waals surface area contributed by atoms with Crippen LogP contribution in [0.3, 0.4) is 0 Å². The first kappa shape index (κ1) is 57.0. The number of hydrogen-bond acceptors (Lipinski definition) is 12. The summed E-state index contributed by atoms with van der Waals surface area (Å²) in [5.74, 6) is -8.06. The van der Waals surface area contributed by atoms with Crippen molar-refractivity contribution in [2.24, 2.45) is 34.0 Å². The van der Waals surface area contributed by atoms with Gasteiger partial charge in [-0.1, -0.05) is 91.9 Å². The van der Waals surface area contributed by atoms with Crippen LogP contribution in [-0.4, -0.2) is 125 Å². The number of guanidine groups is 1. The van der Waals surface area contributed by atoms with Gasteiger partial charge in [0.05, 0.1) is 18.6 Å². The molecule has 21 heteroatoms. The maximum absolute atomic E-state index is 14.1. The summed E-state index contributed by atoms with van der Waals surface area (Å²) in [6, 6.07) is -8.68. The van der Waals surface area contributed by atoms with Crippen molar-refractivity contribution >= 4 is 53.3 Å². The fourth-order valence-electron chi connectivity index (χ4n) is 6.97. The van der Waals surface area contributed by atoms with Gasteiger partial charge in [0, 0.05) is 13.0 Å². The van der Waals surface area contributed by atoms with Crippen molar-refractivity contribution in [1.82, 2.24) is 31.9 Å². The molecule has 0 saturated carbocycles. The molecule has 10 atom stereocenters. The van der Waals surface area contributed by atoms with Crippen LogP contribution in [0.5, 0.6) is 0 Å². The van der Waals surface area contributed by atoms with E-state index in [9.17, 15) is 48.6 Å². The van der Waals surface area contributed by atoms with Gasteiger partial charge in [-0.05, 0) is 51.9 Å². The summed E-state index contributed by atoms with van der Waals surface area (Å²) >= 11 is 0. The van der Waals surface area contributed by atoms with Crippen LogP contribution in [0.1, 0.15) is 145 Å². The number of rotatable bonds is 23. The molecule has 0 aromatic carbocycles. The molecule has 0 aromatic rings. The molecule has 0 aliphatic carbocycles. The SMILES string of the molecule is CC[C@H](C)[C@H]1NC(=O)[C@@H](NC(=O)CC(O)CCCCCCCCCCCCN=C(N)N)[C@@H](C)OC(=O)[C@@H](C)NC(=O)[C@@H](CCC(N)=O)NC(=O)[C@@H]([C@@H](C)O)NC(=O)[C@H](C(C)C)NC1=O. The minimum absolute atomic E-state index is 0.113. The van der Waals surface area contributed by atoms with Gasteiger partial charge in [0.15, 0.2) is 5.96 Å². The number of aliphatic imine (C=N–C) groups is 1. The highest BCUT2D eigenvalue weighted by Gasteiger charge is 2.39. The number of esters is 1. The Morgan fingerprint density at radius 3 is 1.75 bits per heavy atom. The van der Waals surface area contributed by atoms with E-state index in [-0.39, 0.29) is 25.2 Å². The fraction of sp³-hybridized carbons (Fsp3) is 0.791. The molecule has 366 valence electrons. The fourth-order valence-corrected chi connectivity index (χ4v) is 6.97. The van der Waals surface area contributed by atoms with Crippen molar-refractivity contribution in [2.75, 3.05) is 6.54 Å². The lowest BCUT2D eigenvalue weighted by atomic mass is 9.95. The minimum atomic E-state index is -1.64. The molecule has 21 nitrogen and oxygen atoms in total. The predicted molar refractivity (Wildman–Crippen MR) is 239 cm³/mol. The largest absolute Gasteiger partial charge is 0.458 e. The van der Waals surface area contributed by atoms with Crippen LogP contribution in [0.15, 0.2) is 4.99 Å². The van der Waals surface area contributed by atoms with Crippen molar-refractivity contribution in [3.05, 3.63) is 0 Å². The van der Waals surface area contributed by atoms with Crippen LogP contribution in [0.4, 0.5) is 0 Å². The van der Waals surface area contributed by atoms with Crippen molar-refractivity contribution in [3.63, 3.8) is 0 Å². The summed E-state index contributed by atoms with van der Waals surface area (Å²) in [5.41, 5.74) is 16.0. The lowest BCUT2D eigenvalue weighted by Crippen LogP contribution is -2.63. The Labute approximate surface area is 377 Å². The van der Waals surface area contributed by atoms with Gasteiger partial charge in [-0.3, -0.25) is 38.6 Å². The minimum Gasteiger partial charge on any atom is -0.458 e. The van der Waals surface area contributed by atoms with E-state index in [2.05, 4.69) is 36.9 Å². The monoisotopic (exact) mass is 911 g/mol. The first-order valence-electron chi connectivity index (χ1n) is 22.8. The van der Waals surface area contributed by atoms with Crippen LogP contribution < -0.4 is 49.1 Å². The number of hydrogen-bond donors (Lipinski definition) is 11. The van der Waals surface area contributed by atoms with Crippen LogP contribution >= 0.6 is 0 Å². The summed E-state index contributed by atoms with van der Waals surface area (Å²) in [7, 11) is 0. The van der Waals surface area contributed by atoms with E-state index in [0.29, 0.717) is 25.8 Å². The number of primary amides is 1. The van der Waals surface area contributed by atoms with Gasteiger partial charge >= 0.3 is 5.97 Å². The molecule has 14 N–H and O–H groups in total. The molecule has 1 rings (SSSR count). The van der Waals surface area contributed by atoms with Crippen molar-refractivity contribution < 1.29 is 53.3 Å². The number of nitrogens with two attached hydrogens (primary N) is 3. The smallest absolute Gasteiger partial charge is 0.328 e. The molecule has 1 saturated heterocycles. The quantitative estimate of drug-likeness (QED) is 0.0268. The Morgan fingerprint density at radius 2 is 1.22 bits per heavy atom. The van der Waals surface area contributed by atoms with E-state index in [0.717, 1.165) is 57.8 Å². The van der Waals surface area contributed by atoms with E-state index < -0.39 is 114 Å². The van der Waals surface area contributed by atoms with E-state index in [4.69, 9.17) is 21.9 Å². The Hall–Kier alpha value is -5.05. The molecule has 1 unspecified atom stereocenters. The number of carbonyl (C=O) groups is 8. The van der Waals surface area contributed by atoms with Gasteiger partial charge < -0.3 is 64.1 Å². The molecule has 1 fully saturated rings. The summed E-state index contributed by atoms with van der Waals surface area (Å²) < 4.78 is 5.58. The second-order valence-electron chi connectivity index (χ2n) is 17.3. The third-order valence-electron chi connectivity index (χ3n) is 11.2. The van der Waals surface area contributed by atoms with E-state index >= 15 is 0 Å². The standard InChI is InChI=1S/C43H78N10O11/c1-8-25(4)34-39(60)51-33(24(2)3)38(59)53-35(27(6)54)40(61)49-30(20-21-31(44)56)37(58)48-26(5)42(63)64-28(7)36(41(62)52-34)50-32(57)23-29(55)19-17-15-13-11-9-10-12-14-16-18-22-47-43(45)46/h24-30,33-36,54-55H,8-23H2,1-7H3,(H2,44,56)(H,48,58)(H,49,61)(H,50,57)(H,51,60)(H,52,62)(H,53,59)(H4,45,46,47)/t25-,26+,27+,28+,29?,30+,33-,34+,35+,36-/m0/s1. The zero-order valence-corrected chi connectivity index (χ0v) is 38.9. The summed E-state index contributed by atoms with van der Waals surface area (Å²) in [6.45, 7) is 11.2. The van der Waals surface area contributed by atoms with E-state index in [1.54, 1.807) is 27.7 Å². The summed E-state index contributed by atoms with van der Waals surface area (Å²) in [5, 5.41) is 36.4. The van der Waals surface area contributed by atoms with Crippen LogP contribution in [-0.2, 0) is 43.1 Å². The molecule has 0 aromatic heterocycles. The highest BCUT2D eigenvalue weighted by molar-refractivity contribution is 5.97. The number of nitrogens with one attached hydrogen (secondary N) is 6. The topological polar surface area (TPSA) is 349 Å². The van der Waals surface area contributed by atoms with Gasteiger partial charge in [0.25, 0.3) is 0 Å². The van der Waals surface area contributed by atoms with Crippen molar-refractivity contribution in [3.8, 4) is 0 Å². The summed E-state index contributed by atoms with van der Waals surface area (Å²) in [6.07, 6.45) is 5.81. The third-order valence-corrected chi connectivity index (χ3v) is 11.2. The van der Waals surface area contributed by atoms with Gasteiger partial charge in [0.2, 0.25) is 41.4 Å². The van der Waals surface area contributed by atoms with E-state index in [1.807, 2.05) is 0 Å². The lowest BCUT2D eigenvalue weighted by Gasteiger charge is -2.31. The molecule has 1 aliphatic rings. The second kappa shape index (κ2) is 30.2. The Morgan fingerprint density at radius 1 is 0.703 bits per heavy atom. The molecule has 7 amide bonds. The van der Waals surface area contributed by atoms with Gasteiger partial charge in [-0.25, -0.2) is 4.79 Å². The number of unbranched alkanes of at least 4 members (excludes halogenated alkanes) is 9. The Kier molecular flexibility index (Phi) is 26.8. The predicted octanol–water partition coefficient (Wildman–Crippen LogP) is -0.476. The van der Waals surface area contributed by atoms with Crippen molar-refractivity contribution in [1.29, 1.82) is 0 Å². The summed E-state index contributed by atoms with van der Waals surface area (Å²) in [4.78, 5) is 111. The number of carbonyl (C=O) groups excluding carboxylic acids is 8. The first-order chi connectivity index (χ1) is 30.1. The number of cyclic esters (lactones) is 1. The Bertz CT molecular complexity index is 1560. The second-order valence-corrected chi connectivity index (χ2v) is 17.3. The highest BCUT2D eigenvalue weighted by atomic mass is 16.5. The van der Waals surface area contributed by atoms with Gasteiger partial charge in [-0.2, -0.15) is 0 Å². The van der Waals surface area contributed by atoms with Crippen LogP contribution in [0.25, 0.3) is 0 Å². The first-order valence-corrected chi connectivity index (χ1v) is 22.8. The zero-order valence-electron chi connectivity index (χ0n) is 38.9. The average Bonchev–Trinajstić information content (AvgIpc) is 3.21. The normalized spacial score (nSPS) is 24.5. The number of nitrogens with zero attached hydrogens (tertiary/aromatic N) is 1. The molecular weight excluding hydrogens is 833 g/mol. The molecule has 0 bridgehead atoms. The van der Waals surface area contributed by atoms with Gasteiger partial charge in [-0.15, -0.1) is 0 Å². The van der Waals surface area contributed by atoms with Crippen LogP contribution in [0.2, 0.25) is 0 Å². The number of aliphatic hydroxyl groups excluding tert-OH is 2. The molecule has 1 aliphatic heterocycles. The third kappa shape index (κ3) is 22.0. The van der Waals surface area contributed by atoms with E-state index in [1.165, 1.54) is 20.8 Å². The molecular formula is C43H78N10O11. The number of amides is 7. The molecule has 1 heterocycles. The maximum atomic E-state index is 14.1. The zero-order chi connectivity index (χ0) is 48.5. The molecule has 0 radical (unpaired) electrons. The number of aliphatic hydroxyl groups is 2. The Balaban J connectivity index is 3.26.